The van der Waals surface area contributed by atoms with Crippen LogP contribution in [0.3, 0.4) is 0 Å². The number of H-pyrrole nitrogens is 1. The molecule has 0 aliphatic carbocycles. The van der Waals surface area contributed by atoms with Gasteiger partial charge in [-0.25, -0.2) is 0 Å². The molecule has 0 saturated carbocycles. The molecule has 24 heavy (non-hydrogen) atoms. The molecule has 1 aliphatic heterocycles. The van der Waals surface area contributed by atoms with E-state index in [1.807, 2.05) is 35.2 Å². The van der Waals surface area contributed by atoms with E-state index in [2.05, 4.69) is 4.98 Å². The van der Waals surface area contributed by atoms with Crippen molar-refractivity contribution in [1.29, 1.82) is 0 Å². The molecular weight excluding hydrogens is 304 g/mol. The Morgan fingerprint density at radius 3 is 2.88 bits per heavy atom. The summed E-state index contributed by atoms with van der Waals surface area (Å²) in [6.45, 7) is 1.19. The Hall–Kier alpha value is -2.95. The molecule has 0 bridgehead atoms. The van der Waals surface area contributed by atoms with Gasteiger partial charge in [0, 0.05) is 30.1 Å². The van der Waals surface area contributed by atoms with Crippen LogP contribution in [0.15, 0.2) is 42.5 Å². The topological polar surface area (TPSA) is 65.6 Å². The van der Waals surface area contributed by atoms with Crippen LogP contribution in [0.4, 0.5) is 0 Å². The second-order valence-electron chi connectivity index (χ2n) is 6.07. The Bertz CT molecular complexity index is 930. The molecule has 2 aromatic carbocycles. The highest BCUT2D eigenvalue weighted by atomic mass is 16.5. The van der Waals surface area contributed by atoms with Gasteiger partial charge in [0.05, 0.1) is 7.11 Å². The van der Waals surface area contributed by atoms with Gasteiger partial charge < -0.3 is 19.7 Å². The molecule has 5 nitrogen and oxygen atoms in total. The highest BCUT2D eigenvalue weighted by Crippen LogP contribution is 2.26. The zero-order valence-corrected chi connectivity index (χ0v) is 13.4. The van der Waals surface area contributed by atoms with Gasteiger partial charge in [-0.2, -0.15) is 0 Å². The van der Waals surface area contributed by atoms with Crippen LogP contribution in [0.2, 0.25) is 0 Å². The van der Waals surface area contributed by atoms with Crippen molar-refractivity contribution in [2.45, 2.75) is 13.0 Å². The molecule has 1 aromatic heterocycles. The fourth-order valence-electron chi connectivity index (χ4n) is 3.24. The van der Waals surface area contributed by atoms with E-state index in [1.165, 1.54) is 5.56 Å². The lowest BCUT2D eigenvalue weighted by molar-refractivity contribution is 0.0729. The number of hydrogen-bond donors (Lipinski definition) is 2. The third-order valence-corrected chi connectivity index (χ3v) is 4.55. The lowest BCUT2D eigenvalue weighted by Gasteiger charge is -2.28. The number of carbonyl (C=O) groups is 1. The molecule has 4 rings (SSSR count). The van der Waals surface area contributed by atoms with E-state index in [1.54, 1.807) is 19.2 Å². The number of phenolic OH excluding ortho intramolecular Hbond substituents is 1. The molecule has 0 atom stereocenters. The van der Waals surface area contributed by atoms with E-state index in [4.69, 9.17) is 4.74 Å². The monoisotopic (exact) mass is 322 g/mol. The minimum absolute atomic E-state index is 0.0286. The number of phenols is 1. The smallest absolute Gasteiger partial charge is 0.270 e. The van der Waals surface area contributed by atoms with Crippen molar-refractivity contribution >= 4 is 16.8 Å². The summed E-state index contributed by atoms with van der Waals surface area (Å²) in [6, 6.07) is 12.9. The van der Waals surface area contributed by atoms with Crippen molar-refractivity contribution in [3.8, 4) is 11.5 Å². The van der Waals surface area contributed by atoms with Crippen molar-refractivity contribution < 1.29 is 14.6 Å². The molecule has 0 radical (unpaired) electrons. The zero-order chi connectivity index (χ0) is 16.7. The summed E-state index contributed by atoms with van der Waals surface area (Å²) in [5.74, 6) is 0.964. The maximum Gasteiger partial charge on any atom is 0.270 e. The standard InChI is InChI=1S/C19H18N2O3/c1-24-16-5-3-13-9-18(20-17(13)10-16)19(23)21-7-6-12-2-4-15(22)8-14(12)11-21/h2-5,8-10,20,22H,6-7,11H2,1H3. The van der Waals surface area contributed by atoms with Crippen LogP contribution in [-0.4, -0.2) is 34.6 Å². The van der Waals surface area contributed by atoms with E-state index in [0.717, 1.165) is 28.6 Å². The van der Waals surface area contributed by atoms with Crippen molar-refractivity contribution in [3.63, 3.8) is 0 Å². The molecule has 122 valence electrons. The van der Waals surface area contributed by atoms with E-state index in [0.29, 0.717) is 18.8 Å². The Morgan fingerprint density at radius 1 is 1.17 bits per heavy atom. The number of rotatable bonds is 2. The van der Waals surface area contributed by atoms with Gasteiger partial charge in [0.2, 0.25) is 0 Å². The van der Waals surface area contributed by atoms with Gasteiger partial charge >= 0.3 is 0 Å². The number of fused-ring (bicyclic) bond motifs is 2. The Morgan fingerprint density at radius 2 is 2.04 bits per heavy atom. The molecule has 1 aliphatic rings. The van der Waals surface area contributed by atoms with E-state index >= 15 is 0 Å². The first-order valence-electron chi connectivity index (χ1n) is 7.91. The zero-order valence-electron chi connectivity index (χ0n) is 13.4. The number of benzene rings is 2. The summed E-state index contributed by atoms with van der Waals surface area (Å²) in [5, 5.41) is 10.6. The average molecular weight is 322 g/mol. The predicted octanol–water partition coefficient (Wildman–Crippen LogP) is 3.08. The number of carbonyl (C=O) groups excluding carboxylic acids is 1. The third kappa shape index (κ3) is 2.48. The molecule has 0 unspecified atom stereocenters. The SMILES string of the molecule is COc1ccc2cc(C(=O)N3CCc4ccc(O)cc4C3)[nH]c2c1. The molecule has 3 aromatic rings. The summed E-state index contributed by atoms with van der Waals surface area (Å²) in [5.41, 5.74) is 3.65. The fraction of sp³-hybridized carbons (Fsp3) is 0.211. The normalized spacial score (nSPS) is 13.8. The summed E-state index contributed by atoms with van der Waals surface area (Å²) in [6.07, 6.45) is 0.801. The van der Waals surface area contributed by atoms with Gasteiger partial charge in [-0.05, 0) is 47.9 Å². The largest absolute Gasteiger partial charge is 0.508 e. The first-order chi connectivity index (χ1) is 11.6. The predicted molar refractivity (Wildman–Crippen MR) is 91.4 cm³/mol. The van der Waals surface area contributed by atoms with Crippen LogP contribution in [0.1, 0.15) is 21.6 Å². The number of nitrogens with zero attached hydrogens (tertiary/aromatic N) is 1. The summed E-state index contributed by atoms with van der Waals surface area (Å²) in [7, 11) is 1.62. The van der Waals surface area contributed by atoms with Crippen LogP contribution in [0.5, 0.6) is 11.5 Å². The van der Waals surface area contributed by atoms with Crippen LogP contribution < -0.4 is 4.74 Å². The Balaban J connectivity index is 1.62. The van der Waals surface area contributed by atoms with Crippen LogP contribution in [-0.2, 0) is 13.0 Å². The van der Waals surface area contributed by atoms with E-state index < -0.39 is 0 Å². The maximum absolute atomic E-state index is 12.8. The number of methoxy groups -OCH3 is 1. The number of ether oxygens (including phenoxy) is 1. The molecule has 2 N–H and O–H groups in total. The lowest BCUT2D eigenvalue weighted by atomic mass is 9.99. The van der Waals surface area contributed by atoms with Crippen LogP contribution in [0, 0.1) is 0 Å². The second-order valence-corrected chi connectivity index (χ2v) is 6.07. The number of nitrogens with one attached hydrogen (secondary N) is 1. The molecule has 0 fully saturated rings. The number of aromatic nitrogens is 1. The quantitative estimate of drug-likeness (QED) is 0.762. The van der Waals surface area contributed by atoms with E-state index in [9.17, 15) is 9.90 Å². The van der Waals surface area contributed by atoms with Gasteiger partial charge in [-0.15, -0.1) is 0 Å². The maximum atomic E-state index is 12.8. The molecule has 0 saturated heterocycles. The van der Waals surface area contributed by atoms with Crippen molar-refractivity contribution in [3.05, 3.63) is 59.3 Å². The highest BCUT2D eigenvalue weighted by Gasteiger charge is 2.23. The van der Waals surface area contributed by atoms with Gasteiger partial charge in [0.1, 0.15) is 17.2 Å². The first-order valence-corrected chi connectivity index (χ1v) is 7.91. The fourth-order valence-corrected chi connectivity index (χ4v) is 3.24. The summed E-state index contributed by atoms with van der Waals surface area (Å²) < 4.78 is 5.22. The third-order valence-electron chi connectivity index (χ3n) is 4.55. The van der Waals surface area contributed by atoms with Crippen LogP contribution in [0.25, 0.3) is 10.9 Å². The Kier molecular flexibility index (Phi) is 3.41. The molecule has 5 heteroatoms. The molecule has 0 spiro atoms. The molecule has 2 heterocycles. The number of aromatic amines is 1. The average Bonchev–Trinajstić information content (AvgIpc) is 3.03. The molecular formula is C19H18N2O3. The molecule has 1 amide bonds. The van der Waals surface area contributed by atoms with Crippen molar-refractivity contribution in [2.24, 2.45) is 0 Å². The van der Waals surface area contributed by atoms with Gasteiger partial charge in [-0.3, -0.25) is 4.79 Å². The second kappa shape index (κ2) is 5.60. The van der Waals surface area contributed by atoms with Gasteiger partial charge in [0.25, 0.3) is 5.91 Å². The van der Waals surface area contributed by atoms with E-state index in [-0.39, 0.29) is 11.7 Å². The van der Waals surface area contributed by atoms with Gasteiger partial charge in [0.15, 0.2) is 0 Å². The number of aromatic hydroxyl groups is 1. The minimum atomic E-state index is -0.0286. The number of hydrogen-bond acceptors (Lipinski definition) is 3. The minimum Gasteiger partial charge on any atom is -0.508 e. The van der Waals surface area contributed by atoms with Crippen molar-refractivity contribution in [2.75, 3.05) is 13.7 Å². The number of amides is 1. The summed E-state index contributed by atoms with van der Waals surface area (Å²) >= 11 is 0. The lowest BCUT2D eigenvalue weighted by Crippen LogP contribution is -2.36. The van der Waals surface area contributed by atoms with Gasteiger partial charge in [-0.1, -0.05) is 6.07 Å². The first kappa shape index (κ1) is 14.6. The van der Waals surface area contributed by atoms with Crippen LogP contribution >= 0.6 is 0 Å². The highest BCUT2D eigenvalue weighted by molar-refractivity contribution is 5.98. The summed E-state index contributed by atoms with van der Waals surface area (Å²) in [4.78, 5) is 17.8. The Labute approximate surface area is 139 Å². The van der Waals surface area contributed by atoms with Crippen molar-refractivity contribution in [1.82, 2.24) is 9.88 Å².